The number of aromatic nitrogens is 1. The molecule has 188 valence electrons. The SMILES string of the molecule is CCOC(=O)Cn1c(=NC(=O)c2ccc(S(=O)(=O)N(CC)CC)cc2)sc2cc(C(C)C)ccc21. The van der Waals surface area contributed by atoms with Crippen LogP contribution in [0.1, 0.15) is 56.5 Å². The summed E-state index contributed by atoms with van der Waals surface area (Å²) in [5.41, 5.74) is 2.19. The Balaban J connectivity index is 2.03. The van der Waals surface area contributed by atoms with Gasteiger partial charge in [0.15, 0.2) is 4.80 Å². The van der Waals surface area contributed by atoms with E-state index in [9.17, 15) is 18.0 Å². The minimum Gasteiger partial charge on any atom is -0.465 e. The maximum atomic E-state index is 13.0. The predicted molar refractivity (Wildman–Crippen MR) is 137 cm³/mol. The number of hydrogen-bond acceptors (Lipinski definition) is 6. The van der Waals surface area contributed by atoms with Crippen molar-refractivity contribution in [1.29, 1.82) is 0 Å². The second kappa shape index (κ2) is 11.3. The second-order valence-corrected chi connectivity index (χ2v) is 11.1. The van der Waals surface area contributed by atoms with Crippen molar-refractivity contribution in [3.63, 3.8) is 0 Å². The maximum Gasteiger partial charge on any atom is 0.326 e. The quantitative estimate of drug-likeness (QED) is 0.397. The molecule has 0 bridgehead atoms. The van der Waals surface area contributed by atoms with Gasteiger partial charge in [0.2, 0.25) is 10.0 Å². The van der Waals surface area contributed by atoms with Gasteiger partial charge in [-0.3, -0.25) is 9.59 Å². The highest BCUT2D eigenvalue weighted by atomic mass is 32.2. The smallest absolute Gasteiger partial charge is 0.326 e. The van der Waals surface area contributed by atoms with Gasteiger partial charge in [-0.25, -0.2) is 8.42 Å². The Morgan fingerprint density at radius 3 is 2.29 bits per heavy atom. The topological polar surface area (TPSA) is 98.0 Å². The summed E-state index contributed by atoms with van der Waals surface area (Å²) in [4.78, 5) is 30.0. The summed E-state index contributed by atoms with van der Waals surface area (Å²) in [6.45, 7) is 10.4. The Kier molecular flexibility index (Phi) is 8.63. The molecule has 35 heavy (non-hydrogen) atoms. The molecular formula is C25H31N3O5S2. The van der Waals surface area contributed by atoms with Crippen LogP contribution in [0.5, 0.6) is 0 Å². The Morgan fingerprint density at radius 1 is 1.06 bits per heavy atom. The minimum absolute atomic E-state index is 0.0674. The summed E-state index contributed by atoms with van der Waals surface area (Å²) >= 11 is 1.32. The minimum atomic E-state index is -3.62. The van der Waals surface area contributed by atoms with Gasteiger partial charge >= 0.3 is 5.97 Å². The van der Waals surface area contributed by atoms with Crippen LogP contribution in [0.2, 0.25) is 0 Å². The Bertz CT molecular complexity index is 1380. The number of amides is 1. The van der Waals surface area contributed by atoms with Crippen LogP contribution in [0, 0.1) is 0 Å². The van der Waals surface area contributed by atoms with Crippen LogP contribution in [-0.2, 0) is 26.1 Å². The van der Waals surface area contributed by atoms with Gasteiger partial charge in [-0.15, -0.1) is 0 Å². The van der Waals surface area contributed by atoms with Gasteiger partial charge in [0.05, 0.1) is 21.7 Å². The fourth-order valence-corrected chi connectivity index (χ4v) is 6.19. The molecule has 2 aromatic carbocycles. The molecular weight excluding hydrogens is 486 g/mol. The number of carbonyl (C=O) groups excluding carboxylic acids is 2. The number of esters is 1. The first-order valence-corrected chi connectivity index (χ1v) is 13.9. The van der Waals surface area contributed by atoms with E-state index in [-0.39, 0.29) is 23.6 Å². The van der Waals surface area contributed by atoms with Crippen molar-refractivity contribution in [1.82, 2.24) is 8.87 Å². The van der Waals surface area contributed by atoms with Crippen molar-refractivity contribution in [3.05, 3.63) is 58.4 Å². The van der Waals surface area contributed by atoms with Gasteiger partial charge in [0.25, 0.3) is 5.91 Å². The molecule has 8 nitrogen and oxygen atoms in total. The summed E-state index contributed by atoms with van der Waals surface area (Å²) in [5, 5.41) is 0. The van der Waals surface area contributed by atoms with Crippen molar-refractivity contribution >= 4 is 43.5 Å². The third kappa shape index (κ3) is 5.88. The molecule has 0 aliphatic rings. The second-order valence-electron chi connectivity index (χ2n) is 8.19. The van der Waals surface area contributed by atoms with Crippen LogP contribution < -0.4 is 4.80 Å². The number of nitrogens with zero attached hydrogens (tertiary/aromatic N) is 3. The molecule has 0 fully saturated rings. The number of sulfonamides is 1. The van der Waals surface area contributed by atoms with Gasteiger partial charge < -0.3 is 9.30 Å². The van der Waals surface area contributed by atoms with Crippen molar-refractivity contribution in [2.75, 3.05) is 19.7 Å². The van der Waals surface area contributed by atoms with E-state index in [0.29, 0.717) is 23.8 Å². The number of rotatable bonds is 9. The molecule has 3 aromatic rings. The normalized spacial score (nSPS) is 12.6. The van der Waals surface area contributed by atoms with Gasteiger partial charge in [-0.2, -0.15) is 9.30 Å². The summed E-state index contributed by atoms with van der Waals surface area (Å²) in [6.07, 6.45) is 0. The third-order valence-electron chi connectivity index (χ3n) is 5.61. The standard InChI is InChI=1S/C25H31N3O5S2/c1-6-27(7-2)35(31,32)20-12-9-18(10-13-20)24(30)26-25-28(16-23(29)33-8-3)21-14-11-19(17(4)5)15-22(21)34-25/h9-15,17H,6-8,16H2,1-5H3. The molecule has 0 radical (unpaired) electrons. The number of carbonyl (C=O) groups is 2. The average molecular weight is 518 g/mol. The first kappa shape index (κ1) is 26.8. The number of ether oxygens (including phenoxy) is 1. The fourth-order valence-electron chi connectivity index (χ4n) is 3.66. The van der Waals surface area contributed by atoms with E-state index in [4.69, 9.17) is 4.74 Å². The lowest BCUT2D eigenvalue weighted by Gasteiger charge is -2.18. The zero-order valence-corrected chi connectivity index (χ0v) is 22.3. The molecule has 3 rings (SSSR count). The van der Waals surface area contributed by atoms with Crippen LogP contribution in [-0.4, -0.2) is 48.9 Å². The molecule has 10 heteroatoms. The van der Waals surface area contributed by atoms with Crippen LogP contribution in [0.15, 0.2) is 52.4 Å². The molecule has 0 unspecified atom stereocenters. The maximum absolute atomic E-state index is 13.0. The van der Waals surface area contributed by atoms with E-state index in [0.717, 1.165) is 15.8 Å². The van der Waals surface area contributed by atoms with Crippen LogP contribution in [0.25, 0.3) is 10.2 Å². The molecule has 1 amide bonds. The summed E-state index contributed by atoms with van der Waals surface area (Å²) < 4.78 is 34.5. The number of thiazole rings is 1. The molecule has 0 spiro atoms. The molecule has 0 aliphatic heterocycles. The predicted octanol–water partition coefficient (Wildman–Crippen LogP) is 4.16. The molecule has 0 aliphatic carbocycles. The highest BCUT2D eigenvalue weighted by molar-refractivity contribution is 7.89. The Morgan fingerprint density at radius 2 is 1.71 bits per heavy atom. The van der Waals surface area contributed by atoms with E-state index in [1.54, 1.807) is 25.3 Å². The lowest BCUT2D eigenvalue weighted by atomic mass is 10.0. The largest absolute Gasteiger partial charge is 0.465 e. The van der Waals surface area contributed by atoms with Crippen molar-refractivity contribution in [2.45, 2.75) is 52.0 Å². The van der Waals surface area contributed by atoms with Gasteiger partial charge in [-0.1, -0.05) is 45.1 Å². The first-order valence-electron chi connectivity index (χ1n) is 11.6. The Hall–Kier alpha value is -2.82. The summed E-state index contributed by atoms with van der Waals surface area (Å²) in [5.74, 6) is -0.613. The first-order chi connectivity index (χ1) is 16.6. The molecule has 0 N–H and O–H groups in total. The van der Waals surface area contributed by atoms with E-state index in [1.807, 2.05) is 18.2 Å². The molecule has 0 atom stereocenters. The molecule has 0 saturated carbocycles. The third-order valence-corrected chi connectivity index (χ3v) is 8.71. The van der Waals surface area contributed by atoms with E-state index in [1.165, 1.54) is 39.9 Å². The highest BCUT2D eigenvalue weighted by Crippen LogP contribution is 2.24. The van der Waals surface area contributed by atoms with Crippen LogP contribution in [0.4, 0.5) is 0 Å². The lowest BCUT2D eigenvalue weighted by molar-refractivity contribution is -0.143. The van der Waals surface area contributed by atoms with Crippen molar-refractivity contribution < 1.29 is 22.7 Å². The average Bonchev–Trinajstić information content (AvgIpc) is 3.15. The van der Waals surface area contributed by atoms with Crippen LogP contribution in [0.3, 0.4) is 0 Å². The molecule has 1 aromatic heterocycles. The van der Waals surface area contributed by atoms with Gasteiger partial charge in [0.1, 0.15) is 6.54 Å². The highest BCUT2D eigenvalue weighted by Gasteiger charge is 2.22. The van der Waals surface area contributed by atoms with E-state index in [2.05, 4.69) is 18.8 Å². The van der Waals surface area contributed by atoms with Gasteiger partial charge in [0, 0.05) is 18.7 Å². The lowest BCUT2D eigenvalue weighted by Crippen LogP contribution is -2.30. The zero-order chi connectivity index (χ0) is 25.8. The van der Waals surface area contributed by atoms with E-state index >= 15 is 0 Å². The van der Waals surface area contributed by atoms with Crippen LogP contribution >= 0.6 is 11.3 Å². The molecule has 1 heterocycles. The van der Waals surface area contributed by atoms with Gasteiger partial charge in [-0.05, 0) is 54.8 Å². The monoisotopic (exact) mass is 517 g/mol. The molecule has 0 saturated heterocycles. The van der Waals surface area contributed by atoms with Crippen molar-refractivity contribution in [3.8, 4) is 0 Å². The van der Waals surface area contributed by atoms with E-state index < -0.39 is 21.9 Å². The summed E-state index contributed by atoms with van der Waals surface area (Å²) in [6, 6.07) is 11.7. The Labute approximate surface area is 209 Å². The number of hydrogen-bond donors (Lipinski definition) is 0. The zero-order valence-electron chi connectivity index (χ0n) is 20.6. The number of fused-ring (bicyclic) bond motifs is 1. The fraction of sp³-hybridized carbons (Fsp3) is 0.400. The number of benzene rings is 2. The summed E-state index contributed by atoms with van der Waals surface area (Å²) in [7, 11) is -3.62. The van der Waals surface area contributed by atoms with Crippen molar-refractivity contribution in [2.24, 2.45) is 4.99 Å².